The lowest BCUT2D eigenvalue weighted by Gasteiger charge is -2.30. The smallest absolute Gasteiger partial charge is 0.269 e. The predicted molar refractivity (Wildman–Crippen MR) is 155 cm³/mol. The van der Waals surface area contributed by atoms with Crippen molar-refractivity contribution < 1.29 is 19.3 Å². The summed E-state index contributed by atoms with van der Waals surface area (Å²) in [5, 5.41) is 22.1. The Morgan fingerprint density at radius 3 is 1.22 bits per heavy atom. The van der Waals surface area contributed by atoms with Crippen molar-refractivity contribution in [1.29, 1.82) is 0 Å². The van der Waals surface area contributed by atoms with Crippen LogP contribution in [0.5, 0.6) is 23.0 Å². The van der Waals surface area contributed by atoms with E-state index in [1.165, 1.54) is 46.5 Å². The first-order valence-electron chi connectivity index (χ1n) is 13.5. The molecule has 208 valence electrons. The molecule has 0 aliphatic heterocycles. The van der Waals surface area contributed by atoms with Crippen LogP contribution in [0.15, 0.2) is 84.9 Å². The molecule has 0 saturated carbocycles. The van der Waals surface area contributed by atoms with E-state index in [4.69, 9.17) is 9.47 Å². The van der Waals surface area contributed by atoms with Crippen LogP contribution in [-0.2, 0) is 16.2 Å². The Morgan fingerprint density at radius 2 is 0.878 bits per heavy atom. The van der Waals surface area contributed by atoms with Gasteiger partial charge >= 0.3 is 0 Å². The van der Waals surface area contributed by atoms with Gasteiger partial charge in [0.2, 0.25) is 0 Å². The van der Waals surface area contributed by atoms with E-state index in [9.17, 15) is 20.2 Å². The second kappa shape index (κ2) is 9.16. The number of hydrogen-bond acceptors (Lipinski definition) is 6. The summed E-state index contributed by atoms with van der Waals surface area (Å²) in [5.74, 6) is 2.43. The Labute approximate surface area is 237 Å². The van der Waals surface area contributed by atoms with Gasteiger partial charge < -0.3 is 9.47 Å². The molecule has 8 heteroatoms. The number of hydrogen-bond donors (Lipinski definition) is 0. The second-order valence-electron chi connectivity index (χ2n) is 12.3. The molecule has 0 amide bonds. The van der Waals surface area contributed by atoms with Gasteiger partial charge in [-0.05, 0) is 94.5 Å². The summed E-state index contributed by atoms with van der Waals surface area (Å²) < 4.78 is 12.4. The van der Waals surface area contributed by atoms with Gasteiger partial charge in [-0.3, -0.25) is 20.2 Å². The quantitative estimate of drug-likeness (QED) is 0.176. The van der Waals surface area contributed by atoms with Gasteiger partial charge in [0.15, 0.2) is 0 Å². The highest BCUT2D eigenvalue weighted by atomic mass is 16.6. The maximum atomic E-state index is 11.1. The van der Waals surface area contributed by atoms with Crippen molar-refractivity contribution in [3.8, 4) is 23.0 Å². The van der Waals surface area contributed by atoms with Gasteiger partial charge in [-0.2, -0.15) is 0 Å². The highest BCUT2D eigenvalue weighted by molar-refractivity contribution is 5.62. The molecule has 4 aromatic rings. The lowest BCUT2D eigenvalue weighted by molar-refractivity contribution is -0.385. The minimum atomic E-state index is -0.427. The van der Waals surface area contributed by atoms with Crippen molar-refractivity contribution >= 4 is 11.4 Å². The number of rotatable bonds is 6. The van der Waals surface area contributed by atoms with Gasteiger partial charge in [0, 0.05) is 29.7 Å². The molecule has 0 saturated heterocycles. The van der Waals surface area contributed by atoms with Crippen LogP contribution in [0.25, 0.3) is 0 Å². The van der Waals surface area contributed by atoms with Gasteiger partial charge in [0.25, 0.3) is 11.4 Å². The summed E-state index contributed by atoms with van der Waals surface area (Å²) >= 11 is 0. The highest BCUT2D eigenvalue weighted by Crippen LogP contribution is 2.63. The average molecular weight is 551 g/mol. The number of nitrogens with zero attached hydrogens (tertiary/aromatic N) is 2. The van der Waals surface area contributed by atoms with Crippen LogP contribution in [0.4, 0.5) is 11.4 Å². The first-order valence-corrected chi connectivity index (χ1v) is 13.5. The van der Waals surface area contributed by atoms with E-state index < -0.39 is 9.85 Å². The second-order valence-corrected chi connectivity index (χ2v) is 12.3. The van der Waals surface area contributed by atoms with Crippen LogP contribution >= 0.6 is 0 Å². The molecule has 8 nitrogen and oxygen atoms in total. The van der Waals surface area contributed by atoms with Crippen molar-refractivity contribution in [1.82, 2.24) is 0 Å². The zero-order valence-electron chi connectivity index (χ0n) is 23.3. The third-order valence-electron chi connectivity index (χ3n) is 8.53. The molecule has 4 aromatic carbocycles. The van der Waals surface area contributed by atoms with E-state index in [0.717, 1.165) is 12.8 Å². The minimum absolute atomic E-state index is 0.0172. The van der Waals surface area contributed by atoms with Crippen molar-refractivity contribution in [2.45, 2.75) is 56.8 Å². The largest absolute Gasteiger partial charge is 0.457 e. The van der Waals surface area contributed by atoms with Crippen LogP contribution in [-0.4, -0.2) is 9.85 Å². The number of benzene rings is 4. The molecule has 1 spiro atoms. The van der Waals surface area contributed by atoms with Crippen LogP contribution < -0.4 is 9.47 Å². The highest BCUT2D eigenvalue weighted by Gasteiger charge is 2.56. The van der Waals surface area contributed by atoms with E-state index in [1.807, 2.05) is 12.1 Å². The number of fused-ring (bicyclic) bond motifs is 4. The maximum absolute atomic E-state index is 11.1. The summed E-state index contributed by atoms with van der Waals surface area (Å²) in [4.78, 5) is 21.3. The fraction of sp³-hybridized carbons (Fsp3) is 0.273. The molecule has 2 aliphatic carbocycles. The normalized spacial score (nSPS) is 17.1. The SMILES string of the molecule is CC1(C)CC2(CC(C)(C)c3ccc(Oc4ccc([N+](=O)[O-])cc4)cc32)c2cc(Oc3ccc([N+](=O)[O-])cc3)ccc21. The molecule has 0 N–H and O–H groups in total. The Balaban J connectivity index is 1.40. The van der Waals surface area contributed by atoms with Crippen molar-refractivity contribution in [2.75, 3.05) is 0 Å². The Hall–Kier alpha value is -4.72. The average Bonchev–Trinajstić information content (AvgIpc) is 3.28. The van der Waals surface area contributed by atoms with Crippen LogP contribution in [0.1, 0.15) is 62.8 Å². The zero-order chi connectivity index (χ0) is 29.2. The first-order chi connectivity index (χ1) is 19.4. The molecule has 0 unspecified atom stereocenters. The molecule has 0 aromatic heterocycles. The summed E-state index contributed by atoms with van der Waals surface area (Å²) in [5.41, 5.74) is 4.62. The van der Waals surface area contributed by atoms with Crippen LogP contribution in [0, 0.1) is 20.2 Å². The van der Waals surface area contributed by atoms with Crippen molar-refractivity contribution in [3.63, 3.8) is 0 Å². The lowest BCUT2D eigenvalue weighted by atomic mass is 9.72. The van der Waals surface area contributed by atoms with Crippen molar-refractivity contribution in [3.05, 3.63) is 127 Å². The van der Waals surface area contributed by atoms with Gasteiger partial charge in [-0.15, -0.1) is 0 Å². The van der Waals surface area contributed by atoms with Gasteiger partial charge in [-0.1, -0.05) is 39.8 Å². The summed E-state index contributed by atoms with van der Waals surface area (Å²) in [6, 6.07) is 24.7. The molecule has 0 atom stereocenters. The van der Waals surface area contributed by atoms with Crippen LogP contribution in [0.3, 0.4) is 0 Å². The van der Waals surface area contributed by atoms with Crippen LogP contribution in [0.2, 0.25) is 0 Å². The maximum Gasteiger partial charge on any atom is 0.269 e. The molecule has 0 bridgehead atoms. The van der Waals surface area contributed by atoms with E-state index in [1.54, 1.807) is 24.3 Å². The van der Waals surface area contributed by atoms with Gasteiger partial charge in [-0.25, -0.2) is 0 Å². The summed E-state index contributed by atoms with van der Waals surface area (Å²) in [7, 11) is 0. The van der Waals surface area contributed by atoms with E-state index >= 15 is 0 Å². The third-order valence-corrected chi connectivity index (χ3v) is 8.53. The van der Waals surface area contributed by atoms with E-state index in [-0.39, 0.29) is 27.6 Å². The molecular formula is C33H30N2O6. The molecule has 2 aliphatic rings. The molecule has 0 radical (unpaired) electrons. The lowest BCUT2D eigenvalue weighted by Crippen LogP contribution is -2.27. The fourth-order valence-corrected chi connectivity index (χ4v) is 6.98. The Kier molecular flexibility index (Phi) is 5.92. The molecule has 6 rings (SSSR count). The number of nitro benzene ring substituents is 2. The standard InChI is InChI=1S/C33H30N2O6/c1-31(2)19-33(29-17-25(13-15-27(29)31)40-23-9-5-21(6-10-23)34(36)37)20-32(3,4)28-16-14-26(18-30(28)33)41-24-11-7-22(8-12-24)35(38)39/h5-18H,19-20H2,1-4H3. The van der Waals surface area contributed by atoms with Gasteiger partial charge in [0.1, 0.15) is 23.0 Å². The Bertz CT molecular complexity index is 1560. The summed E-state index contributed by atoms with van der Waals surface area (Å²) in [6.45, 7) is 9.11. The fourth-order valence-electron chi connectivity index (χ4n) is 6.98. The number of ether oxygens (including phenoxy) is 2. The number of non-ortho nitro benzene ring substituents is 2. The summed E-state index contributed by atoms with van der Waals surface area (Å²) in [6.07, 6.45) is 1.85. The van der Waals surface area contributed by atoms with E-state index in [0.29, 0.717) is 23.0 Å². The zero-order valence-corrected chi connectivity index (χ0v) is 23.3. The minimum Gasteiger partial charge on any atom is -0.457 e. The molecule has 0 heterocycles. The first kappa shape index (κ1) is 26.5. The topological polar surface area (TPSA) is 105 Å². The monoisotopic (exact) mass is 550 g/mol. The molecule has 41 heavy (non-hydrogen) atoms. The Morgan fingerprint density at radius 1 is 0.537 bits per heavy atom. The van der Waals surface area contributed by atoms with E-state index in [2.05, 4.69) is 52.0 Å². The third kappa shape index (κ3) is 4.49. The van der Waals surface area contributed by atoms with Crippen molar-refractivity contribution in [2.24, 2.45) is 0 Å². The predicted octanol–water partition coefficient (Wildman–Crippen LogP) is 8.74. The van der Waals surface area contributed by atoms with Gasteiger partial charge in [0.05, 0.1) is 9.85 Å². The molecule has 0 fully saturated rings. The molecular weight excluding hydrogens is 520 g/mol. The number of nitro groups is 2.